The fourth-order valence-electron chi connectivity index (χ4n) is 1.89. The van der Waals surface area contributed by atoms with E-state index in [0.717, 1.165) is 11.0 Å². The standard InChI is InChI=1S/C15H15BrFN/c1-2-18(15-6-4-3-5-14(15)17)11-12-7-9-13(16)10-8-12/h3-10H,2,11H2,1H3. The molecule has 0 bridgehead atoms. The van der Waals surface area contributed by atoms with Crippen molar-refractivity contribution >= 4 is 21.6 Å². The van der Waals surface area contributed by atoms with Crippen LogP contribution in [0.2, 0.25) is 0 Å². The normalized spacial score (nSPS) is 10.4. The molecule has 94 valence electrons. The van der Waals surface area contributed by atoms with Gasteiger partial charge in [-0.15, -0.1) is 0 Å². The molecule has 0 saturated heterocycles. The van der Waals surface area contributed by atoms with Crippen LogP contribution >= 0.6 is 15.9 Å². The van der Waals surface area contributed by atoms with Gasteiger partial charge in [0, 0.05) is 17.6 Å². The topological polar surface area (TPSA) is 3.24 Å². The highest BCUT2D eigenvalue weighted by Crippen LogP contribution is 2.21. The molecule has 0 aliphatic rings. The van der Waals surface area contributed by atoms with Crippen molar-refractivity contribution in [2.75, 3.05) is 11.4 Å². The van der Waals surface area contributed by atoms with E-state index in [1.807, 2.05) is 48.2 Å². The summed E-state index contributed by atoms with van der Waals surface area (Å²) in [5.41, 5.74) is 1.83. The lowest BCUT2D eigenvalue weighted by Gasteiger charge is -2.23. The molecule has 3 heteroatoms. The van der Waals surface area contributed by atoms with E-state index >= 15 is 0 Å². The second kappa shape index (κ2) is 6.01. The van der Waals surface area contributed by atoms with Crippen LogP contribution in [0.3, 0.4) is 0 Å². The van der Waals surface area contributed by atoms with Crippen LogP contribution in [0.5, 0.6) is 0 Å². The molecule has 2 aromatic carbocycles. The highest BCUT2D eigenvalue weighted by molar-refractivity contribution is 9.10. The van der Waals surface area contributed by atoms with Crippen molar-refractivity contribution in [1.82, 2.24) is 0 Å². The quantitative estimate of drug-likeness (QED) is 0.797. The van der Waals surface area contributed by atoms with Gasteiger partial charge in [0.15, 0.2) is 0 Å². The Morgan fingerprint density at radius 1 is 1.06 bits per heavy atom. The van der Waals surface area contributed by atoms with Crippen molar-refractivity contribution in [3.05, 3.63) is 64.4 Å². The molecule has 0 saturated carbocycles. The number of hydrogen-bond donors (Lipinski definition) is 0. The third kappa shape index (κ3) is 3.10. The van der Waals surface area contributed by atoms with Gasteiger partial charge in [0.1, 0.15) is 5.82 Å². The summed E-state index contributed by atoms with van der Waals surface area (Å²) in [4.78, 5) is 2.03. The monoisotopic (exact) mass is 307 g/mol. The SMILES string of the molecule is CCN(Cc1ccc(Br)cc1)c1ccccc1F. The molecule has 0 heterocycles. The summed E-state index contributed by atoms with van der Waals surface area (Å²) in [6.45, 7) is 3.52. The minimum Gasteiger partial charge on any atom is -0.365 e. The average Bonchev–Trinajstić information content (AvgIpc) is 2.39. The molecule has 0 aromatic heterocycles. The smallest absolute Gasteiger partial charge is 0.146 e. The summed E-state index contributed by atoms with van der Waals surface area (Å²) in [6, 6.07) is 15.0. The molecule has 0 spiro atoms. The molecule has 2 rings (SSSR count). The van der Waals surface area contributed by atoms with Crippen LogP contribution < -0.4 is 4.90 Å². The Labute approximate surface area is 115 Å². The number of halogens is 2. The zero-order valence-electron chi connectivity index (χ0n) is 10.2. The first-order chi connectivity index (χ1) is 8.70. The first-order valence-electron chi connectivity index (χ1n) is 5.94. The molecular formula is C15H15BrFN. The van der Waals surface area contributed by atoms with Gasteiger partial charge in [-0.25, -0.2) is 4.39 Å². The van der Waals surface area contributed by atoms with E-state index in [4.69, 9.17) is 0 Å². The van der Waals surface area contributed by atoms with Gasteiger partial charge in [0.25, 0.3) is 0 Å². The number of para-hydroxylation sites is 1. The molecule has 0 amide bonds. The van der Waals surface area contributed by atoms with Crippen LogP contribution in [0.4, 0.5) is 10.1 Å². The zero-order valence-corrected chi connectivity index (χ0v) is 11.8. The van der Waals surface area contributed by atoms with Crippen molar-refractivity contribution in [3.63, 3.8) is 0 Å². The Morgan fingerprint density at radius 3 is 2.33 bits per heavy atom. The van der Waals surface area contributed by atoms with E-state index in [-0.39, 0.29) is 5.82 Å². The second-order valence-electron chi connectivity index (χ2n) is 4.09. The summed E-state index contributed by atoms with van der Waals surface area (Å²) in [5, 5.41) is 0. The molecule has 0 atom stereocenters. The highest BCUT2D eigenvalue weighted by atomic mass is 79.9. The summed E-state index contributed by atoms with van der Waals surface area (Å²) in [5.74, 6) is -0.170. The van der Waals surface area contributed by atoms with Crippen LogP contribution in [0.25, 0.3) is 0 Å². The van der Waals surface area contributed by atoms with Gasteiger partial charge in [0.2, 0.25) is 0 Å². The number of anilines is 1. The van der Waals surface area contributed by atoms with Gasteiger partial charge >= 0.3 is 0 Å². The number of benzene rings is 2. The fourth-order valence-corrected chi connectivity index (χ4v) is 2.15. The first kappa shape index (κ1) is 13.1. The zero-order chi connectivity index (χ0) is 13.0. The number of rotatable bonds is 4. The van der Waals surface area contributed by atoms with Gasteiger partial charge in [-0.3, -0.25) is 0 Å². The summed E-state index contributed by atoms with van der Waals surface area (Å²) in [7, 11) is 0. The molecule has 0 aliphatic carbocycles. The predicted octanol–water partition coefficient (Wildman–Crippen LogP) is 4.61. The van der Waals surface area contributed by atoms with Crippen molar-refractivity contribution in [2.24, 2.45) is 0 Å². The van der Waals surface area contributed by atoms with E-state index in [1.54, 1.807) is 6.07 Å². The minimum atomic E-state index is -0.170. The molecular weight excluding hydrogens is 293 g/mol. The molecule has 0 radical (unpaired) electrons. The third-order valence-corrected chi connectivity index (χ3v) is 3.39. The molecule has 0 fully saturated rings. The van der Waals surface area contributed by atoms with Gasteiger partial charge < -0.3 is 4.90 Å². The highest BCUT2D eigenvalue weighted by Gasteiger charge is 2.09. The van der Waals surface area contributed by atoms with E-state index in [2.05, 4.69) is 15.9 Å². The van der Waals surface area contributed by atoms with E-state index in [0.29, 0.717) is 12.2 Å². The number of nitrogens with zero attached hydrogens (tertiary/aromatic N) is 1. The average molecular weight is 308 g/mol. The van der Waals surface area contributed by atoms with E-state index in [9.17, 15) is 4.39 Å². The maximum atomic E-state index is 13.7. The van der Waals surface area contributed by atoms with Crippen molar-refractivity contribution in [3.8, 4) is 0 Å². The van der Waals surface area contributed by atoms with Gasteiger partial charge in [0.05, 0.1) is 5.69 Å². The van der Waals surface area contributed by atoms with Crippen LogP contribution in [-0.2, 0) is 6.54 Å². The third-order valence-electron chi connectivity index (χ3n) is 2.86. The lowest BCUT2D eigenvalue weighted by molar-refractivity contribution is 0.618. The Bertz CT molecular complexity index is 510. The van der Waals surface area contributed by atoms with Crippen molar-refractivity contribution in [2.45, 2.75) is 13.5 Å². The second-order valence-corrected chi connectivity index (χ2v) is 5.01. The van der Waals surface area contributed by atoms with Crippen LogP contribution in [0.15, 0.2) is 53.0 Å². The predicted molar refractivity (Wildman–Crippen MR) is 77.3 cm³/mol. The Hall–Kier alpha value is -1.35. The van der Waals surface area contributed by atoms with E-state index in [1.165, 1.54) is 11.6 Å². The van der Waals surface area contributed by atoms with Crippen LogP contribution in [0.1, 0.15) is 12.5 Å². The molecule has 1 nitrogen and oxygen atoms in total. The van der Waals surface area contributed by atoms with Gasteiger partial charge in [-0.2, -0.15) is 0 Å². The molecule has 0 unspecified atom stereocenters. The van der Waals surface area contributed by atoms with Crippen molar-refractivity contribution < 1.29 is 4.39 Å². The van der Waals surface area contributed by atoms with Gasteiger partial charge in [-0.05, 0) is 36.8 Å². The maximum Gasteiger partial charge on any atom is 0.146 e. The fraction of sp³-hybridized carbons (Fsp3) is 0.200. The summed E-state index contributed by atoms with van der Waals surface area (Å²) in [6.07, 6.45) is 0. The van der Waals surface area contributed by atoms with Crippen LogP contribution in [0, 0.1) is 5.82 Å². The lowest BCUT2D eigenvalue weighted by Crippen LogP contribution is -2.22. The largest absolute Gasteiger partial charge is 0.365 e. The van der Waals surface area contributed by atoms with Gasteiger partial charge in [-0.1, -0.05) is 40.2 Å². The van der Waals surface area contributed by atoms with Crippen molar-refractivity contribution in [1.29, 1.82) is 0 Å². The Morgan fingerprint density at radius 2 is 1.72 bits per heavy atom. The lowest BCUT2D eigenvalue weighted by atomic mass is 10.2. The Kier molecular flexibility index (Phi) is 4.37. The molecule has 0 aliphatic heterocycles. The maximum absolute atomic E-state index is 13.7. The van der Waals surface area contributed by atoms with E-state index < -0.39 is 0 Å². The Balaban J connectivity index is 2.20. The number of hydrogen-bond acceptors (Lipinski definition) is 1. The molecule has 2 aromatic rings. The van der Waals surface area contributed by atoms with Crippen LogP contribution in [-0.4, -0.2) is 6.54 Å². The minimum absolute atomic E-state index is 0.170. The summed E-state index contributed by atoms with van der Waals surface area (Å²) >= 11 is 3.41. The first-order valence-corrected chi connectivity index (χ1v) is 6.74. The summed E-state index contributed by atoms with van der Waals surface area (Å²) < 4.78 is 14.8. The molecule has 18 heavy (non-hydrogen) atoms. The molecule has 0 N–H and O–H groups in total.